The van der Waals surface area contributed by atoms with Crippen molar-refractivity contribution in [1.82, 2.24) is 4.90 Å². The van der Waals surface area contributed by atoms with Gasteiger partial charge in [-0.15, -0.1) is 0 Å². The Balaban J connectivity index is 2.27. The molecule has 0 aliphatic carbocycles. The van der Waals surface area contributed by atoms with Crippen molar-refractivity contribution in [3.8, 4) is 0 Å². The summed E-state index contributed by atoms with van der Waals surface area (Å²) in [6.07, 6.45) is 0.873. The molecule has 1 fully saturated rings. The van der Waals surface area contributed by atoms with E-state index in [2.05, 4.69) is 5.32 Å². The Morgan fingerprint density at radius 3 is 2.95 bits per heavy atom. The summed E-state index contributed by atoms with van der Waals surface area (Å²) in [5.41, 5.74) is 0.695. The summed E-state index contributed by atoms with van der Waals surface area (Å²) >= 11 is 0. The van der Waals surface area contributed by atoms with Crippen LogP contribution in [0.25, 0.3) is 0 Å². The third-order valence-corrected chi connectivity index (χ3v) is 3.66. The number of para-hydroxylation sites is 1. The maximum absolute atomic E-state index is 14.0. The molecule has 5 heteroatoms. The second kappa shape index (κ2) is 6.89. The first-order chi connectivity index (χ1) is 10.0. The molecule has 0 aromatic heterocycles. The van der Waals surface area contributed by atoms with Gasteiger partial charge in [-0.05, 0) is 32.4 Å². The van der Waals surface area contributed by atoms with Gasteiger partial charge in [0.05, 0.1) is 30.0 Å². The van der Waals surface area contributed by atoms with Crippen molar-refractivity contribution in [1.29, 1.82) is 0 Å². The largest absolute Gasteiger partial charge is 0.382 e. The van der Waals surface area contributed by atoms with Crippen LogP contribution in [0.15, 0.2) is 18.2 Å². The molecule has 1 saturated heterocycles. The van der Waals surface area contributed by atoms with E-state index in [9.17, 15) is 9.18 Å². The lowest BCUT2D eigenvalue weighted by Crippen LogP contribution is -2.50. The van der Waals surface area contributed by atoms with Crippen molar-refractivity contribution in [2.45, 2.75) is 39.3 Å². The topological polar surface area (TPSA) is 41.6 Å². The molecule has 0 radical (unpaired) electrons. The van der Waals surface area contributed by atoms with Gasteiger partial charge in [-0.3, -0.25) is 4.79 Å². The van der Waals surface area contributed by atoms with E-state index in [0.717, 1.165) is 6.42 Å². The molecule has 2 rings (SSSR count). The molecule has 116 valence electrons. The minimum absolute atomic E-state index is 0.00371. The van der Waals surface area contributed by atoms with Crippen molar-refractivity contribution in [2.75, 3.05) is 25.0 Å². The van der Waals surface area contributed by atoms with Gasteiger partial charge in [0.1, 0.15) is 5.82 Å². The van der Waals surface area contributed by atoms with E-state index >= 15 is 0 Å². The maximum atomic E-state index is 14.0. The Kier molecular flexibility index (Phi) is 5.17. The van der Waals surface area contributed by atoms with E-state index in [1.54, 1.807) is 17.0 Å². The number of nitrogens with one attached hydrogen (secondary N) is 1. The average molecular weight is 294 g/mol. The predicted octanol–water partition coefficient (Wildman–Crippen LogP) is 2.90. The molecule has 1 heterocycles. The number of rotatable bonds is 4. The van der Waals surface area contributed by atoms with Gasteiger partial charge in [-0.1, -0.05) is 13.0 Å². The summed E-state index contributed by atoms with van der Waals surface area (Å²) in [6, 6.07) is 4.63. The standard InChI is InChI=1S/C16H23FN2O2/c1-4-8-18-15-13(6-5-7-14(15)17)16(20)19-9-12(3)21-10-11(19)2/h5-7,11-12,18H,4,8-10H2,1-3H3. The van der Waals surface area contributed by atoms with Crippen molar-refractivity contribution in [3.63, 3.8) is 0 Å². The quantitative estimate of drug-likeness (QED) is 0.928. The lowest BCUT2D eigenvalue weighted by molar-refractivity contribution is -0.0386. The smallest absolute Gasteiger partial charge is 0.256 e. The second-order valence-electron chi connectivity index (χ2n) is 5.54. The number of nitrogens with zero attached hydrogens (tertiary/aromatic N) is 1. The van der Waals surface area contributed by atoms with Gasteiger partial charge >= 0.3 is 0 Å². The minimum Gasteiger partial charge on any atom is -0.382 e. The van der Waals surface area contributed by atoms with Crippen LogP contribution in [0.2, 0.25) is 0 Å². The average Bonchev–Trinajstić information content (AvgIpc) is 2.47. The van der Waals surface area contributed by atoms with Crippen LogP contribution in [0.5, 0.6) is 0 Å². The molecular formula is C16H23FN2O2. The Morgan fingerprint density at radius 1 is 1.48 bits per heavy atom. The number of benzene rings is 1. The van der Waals surface area contributed by atoms with Crippen LogP contribution in [-0.2, 0) is 4.74 Å². The van der Waals surface area contributed by atoms with Crippen LogP contribution in [0.1, 0.15) is 37.6 Å². The molecule has 1 aliphatic rings. The molecule has 2 unspecified atom stereocenters. The number of morpholine rings is 1. The van der Waals surface area contributed by atoms with Gasteiger partial charge in [-0.25, -0.2) is 4.39 Å². The van der Waals surface area contributed by atoms with E-state index < -0.39 is 0 Å². The highest BCUT2D eigenvalue weighted by Crippen LogP contribution is 2.24. The molecule has 21 heavy (non-hydrogen) atoms. The zero-order valence-electron chi connectivity index (χ0n) is 12.9. The van der Waals surface area contributed by atoms with Crippen molar-refractivity contribution >= 4 is 11.6 Å². The Morgan fingerprint density at radius 2 is 2.24 bits per heavy atom. The highest BCUT2D eigenvalue weighted by atomic mass is 19.1. The first kappa shape index (κ1) is 15.8. The van der Waals surface area contributed by atoms with Crippen LogP contribution in [-0.4, -0.2) is 42.6 Å². The normalized spacial score (nSPS) is 22.2. The highest BCUT2D eigenvalue weighted by molar-refractivity contribution is 6.00. The predicted molar refractivity (Wildman–Crippen MR) is 81.1 cm³/mol. The van der Waals surface area contributed by atoms with Gasteiger partial charge < -0.3 is 15.0 Å². The molecule has 0 spiro atoms. The van der Waals surface area contributed by atoms with Crippen LogP contribution in [0.3, 0.4) is 0 Å². The fraction of sp³-hybridized carbons (Fsp3) is 0.562. The monoisotopic (exact) mass is 294 g/mol. The van der Waals surface area contributed by atoms with Gasteiger partial charge in [0, 0.05) is 13.1 Å². The third-order valence-electron chi connectivity index (χ3n) is 3.66. The zero-order valence-corrected chi connectivity index (χ0v) is 12.9. The maximum Gasteiger partial charge on any atom is 0.256 e. The number of anilines is 1. The first-order valence-electron chi connectivity index (χ1n) is 7.49. The summed E-state index contributed by atoms with van der Waals surface area (Å²) in [5.74, 6) is -0.529. The van der Waals surface area contributed by atoms with Gasteiger partial charge in [0.15, 0.2) is 0 Å². The number of carbonyl (C=O) groups is 1. The van der Waals surface area contributed by atoms with Crippen LogP contribution < -0.4 is 5.32 Å². The Hall–Kier alpha value is -1.62. The van der Waals surface area contributed by atoms with Crippen molar-refractivity contribution < 1.29 is 13.9 Å². The number of ether oxygens (including phenoxy) is 1. The van der Waals surface area contributed by atoms with Gasteiger partial charge in [0.25, 0.3) is 5.91 Å². The zero-order chi connectivity index (χ0) is 15.4. The highest BCUT2D eigenvalue weighted by Gasteiger charge is 2.29. The van der Waals surface area contributed by atoms with E-state index in [4.69, 9.17) is 4.74 Å². The van der Waals surface area contributed by atoms with E-state index in [-0.39, 0.29) is 23.9 Å². The summed E-state index contributed by atoms with van der Waals surface area (Å²) in [6.45, 7) is 7.57. The molecule has 0 bridgehead atoms. The Bertz CT molecular complexity index is 507. The summed E-state index contributed by atoms with van der Waals surface area (Å²) in [4.78, 5) is 14.5. The number of hydrogen-bond acceptors (Lipinski definition) is 3. The second-order valence-corrected chi connectivity index (χ2v) is 5.54. The third kappa shape index (κ3) is 3.53. The lowest BCUT2D eigenvalue weighted by Gasteiger charge is -2.37. The fourth-order valence-electron chi connectivity index (χ4n) is 2.47. The molecule has 2 atom stereocenters. The van der Waals surface area contributed by atoms with Crippen LogP contribution in [0.4, 0.5) is 10.1 Å². The van der Waals surface area contributed by atoms with Gasteiger partial charge in [0.2, 0.25) is 0 Å². The van der Waals surface area contributed by atoms with E-state index in [1.165, 1.54) is 6.07 Å². The number of amides is 1. The lowest BCUT2D eigenvalue weighted by atomic mass is 10.1. The molecular weight excluding hydrogens is 271 g/mol. The van der Waals surface area contributed by atoms with Crippen LogP contribution in [0, 0.1) is 5.82 Å². The number of carbonyl (C=O) groups excluding carboxylic acids is 1. The minimum atomic E-state index is -0.386. The summed E-state index contributed by atoms with van der Waals surface area (Å²) < 4.78 is 19.6. The molecule has 0 saturated carbocycles. The van der Waals surface area contributed by atoms with Crippen LogP contribution >= 0.6 is 0 Å². The van der Waals surface area contributed by atoms with E-state index in [0.29, 0.717) is 30.9 Å². The van der Waals surface area contributed by atoms with Crippen molar-refractivity contribution in [2.24, 2.45) is 0 Å². The molecule has 4 nitrogen and oxygen atoms in total. The Labute approximate surface area is 125 Å². The molecule has 1 aromatic carbocycles. The first-order valence-corrected chi connectivity index (χ1v) is 7.49. The molecule has 1 aliphatic heterocycles. The number of hydrogen-bond donors (Lipinski definition) is 1. The molecule has 1 aromatic rings. The summed E-state index contributed by atoms with van der Waals surface area (Å²) in [5, 5.41) is 3.02. The molecule has 1 N–H and O–H groups in total. The SMILES string of the molecule is CCCNc1c(F)cccc1C(=O)N1CC(C)OCC1C. The van der Waals surface area contributed by atoms with Gasteiger partial charge in [-0.2, -0.15) is 0 Å². The summed E-state index contributed by atoms with van der Waals surface area (Å²) in [7, 11) is 0. The fourth-order valence-corrected chi connectivity index (χ4v) is 2.47. The van der Waals surface area contributed by atoms with Crippen molar-refractivity contribution in [3.05, 3.63) is 29.6 Å². The molecule has 1 amide bonds. The van der Waals surface area contributed by atoms with E-state index in [1.807, 2.05) is 20.8 Å². The number of halogens is 1.